The normalized spacial score (nSPS) is 10.3. The second-order valence-electron chi connectivity index (χ2n) is 4.71. The van der Waals surface area contributed by atoms with E-state index < -0.39 is 0 Å². The molecule has 0 aliphatic rings. The number of nitrogens with one attached hydrogen (secondary N) is 2. The average molecular weight is 305 g/mol. The molecule has 1 aromatic heterocycles. The third kappa shape index (κ3) is 5.43. The Bertz CT molecular complexity index is 581. The van der Waals surface area contributed by atoms with E-state index in [2.05, 4.69) is 15.6 Å². The SMILES string of the molecule is Cc1cnc(CCNC(=O)NCCc2ccc(O)cc2)s1. The topological polar surface area (TPSA) is 74.2 Å². The van der Waals surface area contributed by atoms with Crippen LogP contribution in [0.5, 0.6) is 5.75 Å². The lowest BCUT2D eigenvalue weighted by Gasteiger charge is -2.07. The van der Waals surface area contributed by atoms with Crippen LogP contribution in [-0.4, -0.2) is 29.2 Å². The summed E-state index contributed by atoms with van der Waals surface area (Å²) in [6.45, 7) is 3.16. The first-order valence-electron chi connectivity index (χ1n) is 6.84. The Hall–Kier alpha value is -2.08. The highest BCUT2D eigenvalue weighted by atomic mass is 32.1. The van der Waals surface area contributed by atoms with Gasteiger partial charge in [-0.05, 0) is 31.0 Å². The summed E-state index contributed by atoms with van der Waals surface area (Å²) in [6, 6.07) is 6.82. The lowest BCUT2D eigenvalue weighted by atomic mass is 10.1. The molecule has 0 spiro atoms. The molecule has 1 heterocycles. The molecule has 2 rings (SSSR count). The van der Waals surface area contributed by atoms with Crippen LogP contribution in [0.15, 0.2) is 30.5 Å². The van der Waals surface area contributed by atoms with Gasteiger partial charge in [0.2, 0.25) is 0 Å². The van der Waals surface area contributed by atoms with Crippen molar-refractivity contribution < 1.29 is 9.90 Å². The smallest absolute Gasteiger partial charge is 0.314 e. The van der Waals surface area contributed by atoms with Crippen molar-refractivity contribution in [2.75, 3.05) is 13.1 Å². The number of phenols is 1. The van der Waals surface area contributed by atoms with Crippen LogP contribution in [-0.2, 0) is 12.8 Å². The van der Waals surface area contributed by atoms with Crippen molar-refractivity contribution in [2.24, 2.45) is 0 Å². The van der Waals surface area contributed by atoms with Gasteiger partial charge in [-0.2, -0.15) is 0 Å². The fourth-order valence-electron chi connectivity index (χ4n) is 1.85. The zero-order valence-electron chi connectivity index (χ0n) is 11.9. The molecule has 0 saturated heterocycles. The second-order valence-corrected chi connectivity index (χ2v) is 6.03. The first-order valence-corrected chi connectivity index (χ1v) is 7.66. The van der Waals surface area contributed by atoms with E-state index in [-0.39, 0.29) is 11.8 Å². The van der Waals surface area contributed by atoms with Gasteiger partial charge in [0.05, 0.1) is 5.01 Å². The first kappa shape index (κ1) is 15.3. The Labute approximate surface area is 128 Å². The number of rotatable bonds is 6. The molecule has 0 fully saturated rings. The Morgan fingerprint density at radius 3 is 2.48 bits per heavy atom. The van der Waals surface area contributed by atoms with E-state index in [1.54, 1.807) is 23.5 Å². The Balaban J connectivity index is 1.60. The maximum Gasteiger partial charge on any atom is 0.314 e. The van der Waals surface area contributed by atoms with Gasteiger partial charge >= 0.3 is 6.03 Å². The number of aryl methyl sites for hydroxylation is 1. The fourth-order valence-corrected chi connectivity index (χ4v) is 2.63. The molecule has 0 atom stereocenters. The predicted octanol–water partition coefficient (Wildman–Crippen LogP) is 2.24. The molecule has 112 valence electrons. The number of hydrogen-bond donors (Lipinski definition) is 3. The van der Waals surface area contributed by atoms with Crippen LogP contribution in [0.3, 0.4) is 0 Å². The minimum atomic E-state index is -0.165. The van der Waals surface area contributed by atoms with Crippen LogP contribution in [0.2, 0.25) is 0 Å². The summed E-state index contributed by atoms with van der Waals surface area (Å²) in [5.41, 5.74) is 1.08. The molecule has 2 aromatic rings. The molecule has 0 unspecified atom stereocenters. The summed E-state index contributed by atoms with van der Waals surface area (Å²) in [5, 5.41) is 15.8. The third-order valence-electron chi connectivity index (χ3n) is 2.93. The van der Waals surface area contributed by atoms with E-state index in [1.165, 1.54) is 4.88 Å². The molecule has 0 saturated carbocycles. The molecule has 2 amide bonds. The van der Waals surface area contributed by atoms with Gasteiger partial charge in [0.15, 0.2) is 0 Å². The van der Waals surface area contributed by atoms with Gasteiger partial charge in [-0.1, -0.05) is 12.1 Å². The van der Waals surface area contributed by atoms with E-state index in [0.717, 1.165) is 23.4 Å². The number of urea groups is 1. The van der Waals surface area contributed by atoms with Gasteiger partial charge in [0.25, 0.3) is 0 Å². The van der Waals surface area contributed by atoms with Crippen molar-refractivity contribution in [3.63, 3.8) is 0 Å². The second kappa shape index (κ2) is 7.64. The summed E-state index contributed by atoms with van der Waals surface area (Å²) < 4.78 is 0. The van der Waals surface area contributed by atoms with Gasteiger partial charge < -0.3 is 15.7 Å². The van der Waals surface area contributed by atoms with Gasteiger partial charge in [0.1, 0.15) is 5.75 Å². The number of phenolic OH excluding ortho intramolecular Hbond substituents is 1. The fraction of sp³-hybridized carbons (Fsp3) is 0.333. The molecule has 0 aliphatic carbocycles. The molecular weight excluding hydrogens is 286 g/mol. The van der Waals surface area contributed by atoms with Crippen LogP contribution in [0.4, 0.5) is 4.79 Å². The Morgan fingerprint density at radius 2 is 1.86 bits per heavy atom. The predicted molar refractivity (Wildman–Crippen MR) is 83.8 cm³/mol. The minimum Gasteiger partial charge on any atom is -0.508 e. The van der Waals surface area contributed by atoms with E-state index >= 15 is 0 Å². The highest BCUT2D eigenvalue weighted by molar-refractivity contribution is 7.11. The number of aromatic nitrogens is 1. The number of amides is 2. The van der Waals surface area contributed by atoms with Crippen molar-refractivity contribution in [1.82, 2.24) is 15.6 Å². The quantitative estimate of drug-likeness (QED) is 0.766. The van der Waals surface area contributed by atoms with Crippen LogP contribution in [0, 0.1) is 6.92 Å². The number of carbonyl (C=O) groups is 1. The molecule has 0 bridgehead atoms. The van der Waals surface area contributed by atoms with Crippen molar-refractivity contribution >= 4 is 17.4 Å². The molecular formula is C15H19N3O2S. The maximum atomic E-state index is 11.6. The van der Waals surface area contributed by atoms with Gasteiger partial charge in [-0.3, -0.25) is 0 Å². The highest BCUT2D eigenvalue weighted by Crippen LogP contribution is 2.11. The molecule has 1 aromatic carbocycles. The molecule has 6 heteroatoms. The van der Waals surface area contributed by atoms with Crippen LogP contribution in [0.25, 0.3) is 0 Å². The van der Waals surface area contributed by atoms with Crippen LogP contribution < -0.4 is 10.6 Å². The highest BCUT2D eigenvalue weighted by Gasteiger charge is 2.02. The largest absolute Gasteiger partial charge is 0.508 e. The van der Waals surface area contributed by atoms with E-state index in [0.29, 0.717) is 13.1 Å². The van der Waals surface area contributed by atoms with E-state index in [1.807, 2.05) is 25.3 Å². The number of carbonyl (C=O) groups excluding carboxylic acids is 1. The van der Waals surface area contributed by atoms with Crippen molar-refractivity contribution in [3.05, 3.63) is 45.9 Å². The zero-order valence-corrected chi connectivity index (χ0v) is 12.7. The summed E-state index contributed by atoms with van der Waals surface area (Å²) in [4.78, 5) is 17.0. The van der Waals surface area contributed by atoms with Crippen molar-refractivity contribution in [3.8, 4) is 5.75 Å². The van der Waals surface area contributed by atoms with E-state index in [4.69, 9.17) is 0 Å². The number of thiazole rings is 1. The van der Waals surface area contributed by atoms with Gasteiger partial charge in [-0.15, -0.1) is 11.3 Å². The third-order valence-corrected chi connectivity index (χ3v) is 3.90. The standard InChI is InChI=1S/C15H19N3O2S/c1-11-10-18-14(21-11)7-9-17-15(20)16-8-6-12-2-4-13(19)5-3-12/h2-5,10,19H,6-9H2,1H3,(H2,16,17,20). The number of benzene rings is 1. The first-order chi connectivity index (χ1) is 10.1. The minimum absolute atomic E-state index is 0.165. The Morgan fingerprint density at radius 1 is 1.19 bits per heavy atom. The maximum absolute atomic E-state index is 11.6. The van der Waals surface area contributed by atoms with Crippen molar-refractivity contribution in [2.45, 2.75) is 19.8 Å². The van der Waals surface area contributed by atoms with Crippen LogP contribution >= 0.6 is 11.3 Å². The molecule has 21 heavy (non-hydrogen) atoms. The number of nitrogens with zero attached hydrogens (tertiary/aromatic N) is 1. The average Bonchev–Trinajstić information content (AvgIpc) is 2.87. The number of aromatic hydroxyl groups is 1. The molecule has 0 aliphatic heterocycles. The van der Waals surface area contributed by atoms with E-state index in [9.17, 15) is 9.90 Å². The van der Waals surface area contributed by atoms with Gasteiger partial charge in [-0.25, -0.2) is 9.78 Å². The molecule has 3 N–H and O–H groups in total. The van der Waals surface area contributed by atoms with Gasteiger partial charge in [0, 0.05) is 30.6 Å². The summed E-state index contributed by atoms with van der Waals surface area (Å²) >= 11 is 1.65. The summed E-state index contributed by atoms with van der Waals surface area (Å²) in [7, 11) is 0. The summed E-state index contributed by atoms with van der Waals surface area (Å²) in [6.07, 6.45) is 3.33. The lowest BCUT2D eigenvalue weighted by molar-refractivity contribution is 0.241. The Kier molecular flexibility index (Phi) is 5.57. The van der Waals surface area contributed by atoms with Crippen LogP contribution in [0.1, 0.15) is 15.4 Å². The summed E-state index contributed by atoms with van der Waals surface area (Å²) in [5.74, 6) is 0.252. The zero-order chi connectivity index (χ0) is 15.1. The number of hydrogen-bond acceptors (Lipinski definition) is 4. The molecule has 5 nitrogen and oxygen atoms in total. The van der Waals surface area contributed by atoms with Crippen molar-refractivity contribution in [1.29, 1.82) is 0 Å². The lowest BCUT2D eigenvalue weighted by Crippen LogP contribution is -2.37. The molecule has 0 radical (unpaired) electrons. The monoisotopic (exact) mass is 305 g/mol.